The van der Waals surface area contributed by atoms with Crippen LogP contribution >= 0.6 is 11.3 Å². The molecule has 0 unspecified atom stereocenters. The number of pyridine rings is 1. The van der Waals surface area contributed by atoms with E-state index < -0.39 is 11.8 Å². The number of aromatic carboxylic acids is 1. The minimum absolute atomic E-state index is 0.0311. The molecule has 1 aliphatic heterocycles. The molecular formula is C30H28FN7O3S. The molecule has 12 heteroatoms. The molecule has 0 radical (unpaired) electrons. The normalized spacial score (nSPS) is 14.3. The number of piperidine rings is 1. The van der Waals surface area contributed by atoms with Crippen molar-refractivity contribution in [3.8, 4) is 11.9 Å². The number of imidazole rings is 2. The van der Waals surface area contributed by atoms with Gasteiger partial charge in [-0.2, -0.15) is 5.26 Å². The summed E-state index contributed by atoms with van der Waals surface area (Å²) in [5.41, 5.74) is 3.42. The molecule has 0 amide bonds. The van der Waals surface area contributed by atoms with Crippen LogP contribution in [0.1, 0.15) is 56.8 Å². The number of thiophene rings is 1. The highest BCUT2D eigenvalue weighted by atomic mass is 32.1. The van der Waals surface area contributed by atoms with Gasteiger partial charge in [0.05, 0.1) is 42.3 Å². The highest BCUT2D eigenvalue weighted by Gasteiger charge is 2.25. The lowest BCUT2D eigenvalue weighted by Gasteiger charge is -2.31. The predicted octanol–water partition coefficient (Wildman–Crippen LogP) is 4.94. The zero-order valence-electron chi connectivity index (χ0n) is 22.9. The summed E-state index contributed by atoms with van der Waals surface area (Å²) in [5, 5.41) is 18.4. The van der Waals surface area contributed by atoms with Gasteiger partial charge in [0.15, 0.2) is 0 Å². The van der Waals surface area contributed by atoms with Gasteiger partial charge in [0.25, 0.3) is 0 Å². The number of hydrogen-bond donors (Lipinski definition) is 1. The zero-order chi connectivity index (χ0) is 29.2. The summed E-state index contributed by atoms with van der Waals surface area (Å²) in [5.74, 6) is 0.194. The SMILES string of the molecule is Cn1cncc1Cn1c(CN2CCC(c3cccc(OCc4ccc(C#N)cc4F)n3)CC2)nc2sc(C(=O)O)cc21. The molecule has 1 aromatic carbocycles. The maximum Gasteiger partial charge on any atom is 0.346 e. The van der Waals surface area contributed by atoms with E-state index in [0.717, 1.165) is 53.5 Å². The summed E-state index contributed by atoms with van der Waals surface area (Å²) in [6, 6.07) is 13.7. The van der Waals surface area contributed by atoms with Gasteiger partial charge in [0.2, 0.25) is 5.88 Å². The third-order valence-electron chi connectivity index (χ3n) is 7.65. The number of fused-ring (bicyclic) bond motifs is 1. The number of halogens is 1. The van der Waals surface area contributed by atoms with E-state index in [2.05, 4.69) is 14.5 Å². The van der Waals surface area contributed by atoms with E-state index in [-0.39, 0.29) is 23.0 Å². The summed E-state index contributed by atoms with van der Waals surface area (Å²) >= 11 is 1.20. The first-order chi connectivity index (χ1) is 20.4. The number of aromatic nitrogens is 5. The maximum absolute atomic E-state index is 14.2. The summed E-state index contributed by atoms with van der Waals surface area (Å²) in [7, 11) is 1.94. The predicted molar refractivity (Wildman–Crippen MR) is 154 cm³/mol. The monoisotopic (exact) mass is 585 g/mol. The quantitative estimate of drug-likeness (QED) is 0.258. The van der Waals surface area contributed by atoms with E-state index >= 15 is 0 Å². The van der Waals surface area contributed by atoms with Crippen molar-refractivity contribution in [1.82, 2.24) is 29.0 Å². The Hall–Kier alpha value is -4.60. The molecular weight excluding hydrogens is 557 g/mol. The molecule has 42 heavy (non-hydrogen) atoms. The number of carboxylic acid groups (broad SMARTS) is 1. The number of aryl methyl sites for hydroxylation is 1. The van der Waals surface area contributed by atoms with Crippen molar-refractivity contribution >= 4 is 27.7 Å². The lowest BCUT2D eigenvalue weighted by Crippen LogP contribution is -2.33. The van der Waals surface area contributed by atoms with Crippen LogP contribution in [0.2, 0.25) is 0 Å². The minimum atomic E-state index is -0.946. The Morgan fingerprint density at radius 2 is 2.02 bits per heavy atom. The molecule has 5 aromatic rings. The number of likely N-dealkylation sites (tertiary alicyclic amines) is 1. The van der Waals surface area contributed by atoms with Crippen LogP contribution in [0, 0.1) is 17.1 Å². The van der Waals surface area contributed by atoms with Gasteiger partial charge in [0.1, 0.15) is 28.0 Å². The van der Waals surface area contributed by atoms with Crippen LogP contribution in [0.25, 0.3) is 10.3 Å². The Morgan fingerprint density at radius 1 is 1.19 bits per heavy atom. The minimum Gasteiger partial charge on any atom is -0.477 e. The van der Waals surface area contributed by atoms with Gasteiger partial charge in [-0.05, 0) is 50.2 Å². The molecule has 1 N–H and O–H groups in total. The van der Waals surface area contributed by atoms with Crippen LogP contribution < -0.4 is 4.74 Å². The molecule has 214 valence electrons. The van der Waals surface area contributed by atoms with Crippen LogP contribution in [-0.2, 0) is 26.7 Å². The molecule has 0 saturated carbocycles. The average molecular weight is 586 g/mol. The van der Waals surface area contributed by atoms with E-state index in [4.69, 9.17) is 20.0 Å². The van der Waals surface area contributed by atoms with Crippen molar-refractivity contribution < 1.29 is 19.0 Å². The number of nitrogens with zero attached hydrogens (tertiary/aromatic N) is 7. The summed E-state index contributed by atoms with van der Waals surface area (Å²) in [6.45, 7) is 2.96. The van der Waals surface area contributed by atoms with Crippen molar-refractivity contribution in [3.63, 3.8) is 0 Å². The second kappa shape index (κ2) is 11.7. The highest BCUT2D eigenvalue weighted by Crippen LogP contribution is 2.31. The van der Waals surface area contributed by atoms with Gasteiger partial charge in [-0.15, -0.1) is 11.3 Å². The highest BCUT2D eigenvalue weighted by molar-refractivity contribution is 7.20. The molecule has 6 rings (SSSR count). The summed E-state index contributed by atoms with van der Waals surface area (Å²) < 4.78 is 24.1. The number of carbonyl (C=O) groups is 1. The summed E-state index contributed by atoms with van der Waals surface area (Å²) in [4.78, 5) is 28.7. The Bertz CT molecular complexity index is 1800. The topological polar surface area (TPSA) is 122 Å². The van der Waals surface area contributed by atoms with Gasteiger partial charge in [0, 0.05) is 36.5 Å². The average Bonchev–Trinajstić information content (AvgIpc) is 3.68. The van der Waals surface area contributed by atoms with Gasteiger partial charge in [-0.25, -0.2) is 24.1 Å². The molecule has 0 spiro atoms. The molecule has 4 aromatic heterocycles. The second-order valence-corrected chi connectivity index (χ2v) is 11.4. The standard InChI is InChI=1S/C30H28FN7O3S/c1-36-18-33-14-22(36)15-38-25-12-26(30(39)40)42-29(25)35-27(38)16-37-9-7-20(8-10-37)24-3-2-4-28(34-24)41-17-21-6-5-19(13-32)11-23(21)31/h2-6,11-12,14,18,20H,7-10,15-17H2,1H3,(H,39,40). The van der Waals surface area contributed by atoms with Crippen molar-refractivity contribution in [2.24, 2.45) is 7.05 Å². The Balaban J connectivity index is 1.11. The van der Waals surface area contributed by atoms with Crippen LogP contribution in [0.3, 0.4) is 0 Å². The number of hydrogen-bond acceptors (Lipinski definition) is 8. The molecule has 10 nitrogen and oxygen atoms in total. The number of rotatable bonds is 9. The van der Waals surface area contributed by atoms with Crippen molar-refractivity contribution in [2.45, 2.75) is 38.5 Å². The lowest BCUT2D eigenvalue weighted by molar-refractivity contribution is 0.0702. The first-order valence-corrected chi connectivity index (χ1v) is 14.4. The van der Waals surface area contributed by atoms with Crippen LogP contribution in [0.5, 0.6) is 5.88 Å². The smallest absolute Gasteiger partial charge is 0.346 e. The van der Waals surface area contributed by atoms with Gasteiger partial charge in [-0.1, -0.05) is 12.1 Å². The molecule has 0 atom stereocenters. The molecule has 0 aliphatic carbocycles. The van der Waals surface area contributed by atoms with Gasteiger partial charge in [-0.3, -0.25) is 4.90 Å². The number of benzene rings is 1. The van der Waals surface area contributed by atoms with E-state index in [0.29, 0.717) is 24.5 Å². The van der Waals surface area contributed by atoms with Crippen LogP contribution in [0.15, 0.2) is 55.0 Å². The largest absolute Gasteiger partial charge is 0.477 e. The van der Waals surface area contributed by atoms with Crippen LogP contribution in [0.4, 0.5) is 4.39 Å². The molecule has 1 saturated heterocycles. The summed E-state index contributed by atoms with van der Waals surface area (Å²) in [6.07, 6.45) is 5.40. The Labute approximate surface area is 245 Å². The van der Waals surface area contributed by atoms with Gasteiger partial charge >= 0.3 is 5.97 Å². The van der Waals surface area contributed by atoms with Crippen molar-refractivity contribution in [2.75, 3.05) is 13.1 Å². The first-order valence-electron chi connectivity index (χ1n) is 13.6. The number of carboxylic acids is 1. The molecule has 1 fully saturated rings. The molecule has 1 aliphatic rings. The fourth-order valence-electron chi connectivity index (χ4n) is 5.27. The Morgan fingerprint density at radius 3 is 2.74 bits per heavy atom. The third-order valence-corrected chi connectivity index (χ3v) is 8.65. The zero-order valence-corrected chi connectivity index (χ0v) is 23.7. The van der Waals surface area contributed by atoms with Crippen molar-refractivity contribution in [1.29, 1.82) is 5.26 Å². The van der Waals surface area contributed by atoms with E-state index in [1.165, 1.54) is 17.4 Å². The Kier molecular flexibility index (Phi) is 7.69. The van der Waals surface area contributed by atoms with E-state index in [1.54, 1.807) is 30.6 Å². The van der Waals surface area contributed by atoms with Crippen molar-refractivity contribution in [3.05, 3.63) is 94.0 Å². The lowest BCUT2D eigenvalue weighted by atomic mass is 9.93. The van der Waals surface area contributed by atoms with Gasteiger partial charge < -0.3 is 19.0 Å². The first kappa shape index (κ1) is 27.6. The third kappa shape index (κ3) is 5.74. The fraction of sp³-hybridized carbons (Fsp3) is 0.300. The number of nitriles is 1. The van der Waals surface area contributed by atoms with E-state index in [9.17, 15) is 14.3 Å². The molecule has 5 heterocycles. The number of ether oxygens (including phenoxy) is 1. The molecule has 0 bridgehead atoms. The van der Waals surface area contributed by atoms with E-state index in [1.807, 2.05) is 36.0 Å². The van der Waals surface area contributed by atoms with Crippen LogP contribution in [-0.4, -0.2) is 53.2 Å². The maximum atomic E-state index is 14.2. The fourth-order valence-corrected chi connectivity index (χ4v) is 6.17. The second-order valence-electron chi connectivity index (χ2n) is 10.4.